The third kappa shape index (κ3) is 8.77. The summed E-state index contributed by atoms with van der Waals surface area (Å²) in [5.41, 5.74) is 1.63. The molecule has 0 saturated carbocycles. The highest BCUT2D eigenvalue weighted by molar-refractivity contribution is 7.93. The molecule has 0 fully saturated rings. The van der Waals surface area contributed by atoms with Gasteiger partial charge < -0.3 is 9.47 Å². The first kappa shape index (κ1) is 37.1. The van der Waals surface area contributed by atoms with Crippen LogP contribution in [0.4, 0.5) is 23.7 Å². The molecule has 0 aliphatic heterocycles. The molecule has 0 saturated heterocycles. The van der Waals surface area contributed by atoms with E-state index in [1.54, 1.807) is 72.3 Å². The Hall–Kier alpha value is -5.18. The van der Waals surface area contributed by atoms with Crippen LogP contribution in [0.1, 0.15) is 58.5 Å². The smallest absolute Gasteiger partial charge is 0.420 e. The fourth-order valence-electron chi connectivity index (χ4n) is 5.54. The van der Waals surface area contributed by atoms with E-state index in [2.05, 4.69) is 14.8 Å². The first-order chi connectivity index (χ1) is 23.6. The fourth-order valence-corrected chi connectivity index (χ4v) is 6.48. The lowest BCUT2D eigenvalue weighted by atomic mass is 10.0. The summed E-state index contributed by atoms with van der Waals surface area (Å²) in [6.07, 6.45) is 2.32. The van der Waals surface area contributed by atoms with Gasteiger partial charge in [-0.05, 0) is 96.8 Å². The number of sulfonamides is 1. The summed E-state index contributed by atoms with van der Waals surface area (Å²) in [5, 5.41) is 5.11. The first-order valence-corrected chi connectivity index (χ1v) is 17.5. The van der Waals surface area contributed by atoms with Crippen molar-refractivity contribution >= 4 is 38.8 Å². The van der Waals surface area contributed by atoms with E-state index in [-0.39, 0.29) is 12.2 Å². The van der Waals surface area contributed by atoms with Crippen molar-refractivity contribution in [3.05, 3.63) is 89.3 Å². The molecule has 0 unspecified atom stereocenters. The number of nitrogens with zero attached hydrogens (tertiary/aromatic N) is 4. The number of fused-ring (bicyclic) bond motifs is 1. The van der Waals surface area contributed by atoms with Gasteiger partial charge in [-0.25, -0.2) is 35.9 Å². The second-order valence-corrected chi connectivity index (χ2v) is 15.8. The molecule has 0 bridgehead atoms. The van der Waals surface area contributed by atoms with Gasteiger partial charge in [0.1, 0.15) is 34.3 Å². The average molecular weight is 726 g/mol. The summed E-state index contributed by atoms with van der Waals surface area (Å²) >= 11 is 0. The molecule has 11 nitrogen and oxygen atoms in total. The van der Waals surface area contributed by atoms with Crippen molar-refractivity contribution in [2.75, 3.05) is 10.5 Å². The highest BCUT2D eigenvalue weighted by Gasteiger charge is 2.27. The molecule has 2 aromatic carbocycles. The van der Waals surface area contributed by atoms with Crippen LogP contribution in [-0.2, 0) is 30.8 Å². The predicted octanol–water partition coefficient (Wildman–Crippen LogP) is 7.52. The monoisotopic (exact) mass is 725 g/mol. The summed E-state index contributed by atoms with van der Waals surface area (Å²) in [6, 6.07) is 8.71. The molecule has 0 aliphatic carbocycles. The van der Waals surface area contributed by atoms with Gasteiger partial charge in [0.05, 0.1) is 17.9 Å². The second-order valence-electron chi connectivity index (χ2n) is 14.1. The van der Waals surface area contributed by atoms with Crippen LogP contribution in [0, 0.1) is 31.3 Å². The van der Waals surface area contributed by atoms with Crippen molar-refractivity contribution in [1.29, 1.82) is 0 Å². The van der Waals surface area contributed by atoms with Gasteiger partial charge in [0, 0.05) is 46.2 Å². The number of benzene rings is 2. The number of aromatic nitrogens is 4. The Morgan fingerprint density at radius 1 is 0.882 bits per heavy atom. The van der Waals surface area contributed by atoms with Crippen molar-refractivity contribution < 1.29 is 40.7 Å². The Morgan fingerprint density at radius 2 is 1.53 bits per heavy atom. The number of aryl methyl sites for hydroxylation is 1. The van der Waals surface area contributed by atoms with Gasteiger partial charge in [-0.15, -0.1) is 0 Å². The number of ether oxygens (including phenoxy) is 2. The molecule has 15 heteroatoms. The van der Waals surface area contributed by atoms with Crippen LogP contribution in [0.5, 0.6) is 0 Å². The molecule has 0 amide bonds. The summed E-state index contributed by atoms with van der Waals surface area (Å²) < 4.78 is 84.1. The number of carbonyl (C=O) groups excluding carboxylic acids is 2. The number of hydrogen-bond donors (Lipinski definition) is 1. The van der Waals surface area contributed by atoms with Crippen LogP contribution >= 0.6 is 0 Å². The molecule has 0 atom stereocenters. The molecule has 5 aromatic rings. The first-order valence-electron chi connectivity index (χ1n) is 15.9. The van der Waals surface area contributed by atoms with E-state index in [1.165, 1.54) is 35.0 Å². The lowest BCUT2D eigenvalue weighted by molar-refractivity contribution is -0.151. The summed E-state index contributed by atoms with van der Waals surface area (Å²) in [5.74, 6) is -4.34. The Morgan fingerprint density at radius 3 is 2.16 bits per heavy atom. The van der Waals surface area contributed by atoms with Crippen molar-refractivity contribution in [3.8, 4) is 22.3 Å². The van der Waals surface area contributed by atoms with Gasteiger partial charge in [0.25, 0.3) is 0 Å². The molecule has 270 valence electrons. The minimum atomic E-state index is -4.35. The highest BCUT2D eigenvalue weighted by atomic mass is 32.2. The number of pyridine rings is 1. The van der Waals surface area contributed by atoms with Crippen LogP contribution < -0.4 is 4.72 Å². The zero-order valence-corrected chi connectivity index (χ0v) is 30.2. The lowest BCUT2D eigenvalue weighted by Gasteiger charge is -2.19. The Labute approximate surface area is 293 Å². The van der Waals surface area contributed by atoms with E-state index in [1.807, 2.05) is 0 Å². The van der Waals surface area contributed by atoms with Crippen LogP contribution in [0.3, 0.4) is 0 Å². The average Bonchev–Trinajstić information content (AvgIpc) is 3.46. The van der Waals surface area contributed by atoms with Crippen molar-refractivity contribution in [3.63, 3.8) is 0 Å². The highest BCUT2D eigenvalue weighted by Crippen LogP contribution is 2.37. The van der Waals surface area contributed by atoms with Gasteiger partial charge in [-0.3, -0.25) is 14.2 Å². The van der Waals surface area contributed by atoms with Crippen LogP contribution in [0.2, 0.25) is 0 Å². The summed E-state index contributed by atoms with van der Waals surface area (Å²) in [7, 11) is -4.35. The van der Waals surface area contributed by atoms with Gasteiger partial charge in [-0.2, -0.15) is 5.10 Å². The molecule has 1 N–H and O–H groups in total. The Kier molecular flexibility index (Phi) is 9.82. The second kappa shape index (κ2) is 13.5. The van der Waals surface area contributed by atoms with Crippen LogP contribution in [0.25, 0.3) is 33.3 Å². The van der Waals surface area contributed by atoms with E-state index in [4.69, 9.17) is 9.47 Å². The summed E-state index contributed by atoms with van der Waals surface area (Å²) in [6.45, 7) is 13.6. The number of carbonyl (C=O) groups is 2. The molecule has 0 radical (unpaired) electrons. The van der Waals surface area contributed by atoms with E-state index in [0.29, 0.717) is 44.6 Å². The molecule has 3 heterocycles. The number of anilines is 1. The number of halogens is 3. The van der Waals surface area contributed by atoms with E-state index < -0.39 is 62.2 Å². The lowest BCUT2D eigenvalue weighted by Crippen LogP contribution is -2.31. The number of hydrogen-bond acceptors (Lipinski definition) is 8. The Balaban J connectivity index is 1.59. The largest absolute Gasteiger partial charge is 0.459 e. The molecule has 51 heavy (non-hydrogen) atoms. The van der Waals surface area contributed by atoms with Crippen molar-refractivity contribution in [1.82, 2.24) is 19.3 Å². The normalized spacial score (nSPS) is 12.3. The summed E-state index contributed by atoms with van der Waals surface area (Å²) in [4.78, 5) is 30.1. The SMILES string of the molecule is Cc1nn(Cc2cc(F)cc(F)c2)c(C)c1-c1cn(C(=O)OC(C)(C)C)c2ncc(-c3ccc(F)c(NS(=O)(=O)CC(=O)OC(C)(C)C)c3)cc12. The maximum absolute atomic E-state index is 14.9. The third-order valence-corrected chi connectivity index (χ3v) is 8.58. The molecular formula is C36H38F3N5O6S. The van der Waals surface area contributed by atoms with E-state index in [9.17, 15) is 31.2 Å². The van der Waals surface area contributed by atoms with Gasteiger partial charge in [0.15, 0.2) is 5.75 Å². The molecular weight excluding hydrogens is 687 g/mol. The number of nitrogens with one attached hydrogen (secondary N) is 1. The van der Waals surface area contributed by atoms with E-state index >= 15 is 0 Å². The minimum absolute atomic E-state index is 0.0672. The fraction of sp³-hybridized carbons (Fsp3) is 0.333. The zero-order chi connectivity index (χ0) is 37.6. The van der Waals surface area contributed by atoms with Gasteiger partial charge in [-0.1, -0.05) is 6.07 Å². The number of esters is 1. The van der Waals surface area contributed by atoms with E-state index in [0.717, 1.165) is 12.1 Å². The van der Waals surface area contributed by atoms with Gasteiger partial charge in [0.2, 0.25) is 10.0 Å². The quantitative estimate of drug-likeness (QED) is 0.163. The van der Waals surface area contributed by atoms with Crippen molar-refractivity contribution in [2.45, 2.75) is 73.1 Å². The third-order valence-electron chi connectivity index (χ3n) is 7.43. The molecule has 0 spiro atoms. The molecule has 0 aliphatic rings. The van der Waals surface area contributed by atoms with Crippen molar-refractivity contribution in [2.24, 2.45) is 0 Å². The molecule has 5 rings (SSSR count). The predicted molar refractivity (Wildman–Crippen MR) is 186 cm³/mol. The van der Waals surface area contributed by atoms with Crippen LogP contribution in [0.15, 0.2) is 54.9 Å². The zero-order valence-electron chi connectivity index (χ0n) is 29.4. The minimum Gasteiger partial charge on any atom is -0.459 e. The van der Waals surface area contributed by atoms with Crippen LogP contribution in [-0.4, -0.2) is 56.8 Å². The topological polar surface area (TPSA) is 134 Å². The van der Waals surface area contributed by atoms with Gasteiger partial charge >= 0.3 is 12.1 Å². The molecule has 3 aromatic heterocycles. The maximum atomic E-state index is 14.9. The number of rotatable bonds is 8. The standard InChI is InChI=1S/C36H38F3N5O6S/c1-20-32(21(2)44(41-20)17-22-11-25(37)15-26(38)12-22)28-18-43(34(46)50-36(6,7)8)33-27(28)13-24(16-40-33)23-9-10-29(39)30(14-23)42-51(47,48)19-31(45)49-35(3,4)5/h9-16,18,42H,17,19H2,1-8H3. The Bertz CT molecular complexity index is 2260. The maximum Gasteiger partial charge on any atom is 0.420 e.